The van der Waals surface area contributed by atoms with Crippen molar-refractivity contribution in [3.8, 4) is 0 Å². The molecular weight excluding hydrogens is 248 g/mol. The summed E-state index contributed by atoms with van der Waals surface area (Å²) >= 11 is 5.94. The van der Waals surface area contributed by atoms with Crippen LogP contribution in [0.5, 0.6) is 0 Å². The van der Waals surface area contributed by atoms with E-state index in [9.17, 15) is 4.79 Å². The predicted molar refractivity (Wildman–Crippen MR) is 75.8 cm³/mol. The molecule has 1 atom stereocenters. The molecule has 3 nitrogen and oxygen atoms in total. The summed E-state index contributed by atoms with van der Waals surface area (Å²) < 4.78 is 0. The number of halogens is 1. The third-order valence-corrected chi connectivity index (χ3v) is 3.31. The summed E-state index contributed by atoms with van der Waals surface area (Å²) in [5.74, 6) is 0.0962. The van der Waals surface area contributed by atoms with Gasteiger partial charge in [-0.15, -0.1) is 0 Å². The van der Waals surface area contributed by atoms with E-state index < -0.39 is 0 Å². The number of carbonyl (C=O) groups excluding carboxylic acids is 1. The number of hydrogen-bond donors (Lipinski definition) is 1. The van der Waals surface area contributed by atoms with E-state index in [2.05, 4.69) is 5.32 Å². The van der Waals surface area contributed by atoms with E-state index in [0.29, 0.717) is 11.6 Å². The van der Waals surface area contributed by atoms with Gasteiger partial charge in [-0.1, -0.05) is 23.7 Å². The Morgan fingerprint density at radius 2 is 2.06 bits per heavy atom. The molecule has 1 aromatic carbocycles. The first-order valence-corrected chi connectivity index (χ1v) is 6.54. The van der Waals surface area contributed by atoms with Crippen LogP contribution >= 0.6 is 11.6 Å². The Bertz CT molecular complexity index is 407. The molecule has 0 saturated carbocycles. The van der Waals surface area contributed by atoms with Crippen molar-refractivity contribution in [1.29, 1.82) is 0 Å². The maximum Gasteiger partial charge on any atom is 0.236 e. The normalized spacial score (nSPS) is 12.6. The van der Waals surface area contributed by atoms with Gasteiger partial charge in [0, 0.05) is 24.2 Å². The molecule has 0 aliphatic heterocycles. The molecule has 4 heteroatoms. The molecule has 0 spiro atoms. The van der Waals surface area contributed by atoms with E-state index >= 15 is 0 Å². The summed E-state index contributed by atoms with van der Waals surface area (Å²) in [7, 11) is 1.82. The average molecular weight is 269 g/mol. The van der Waals surface area contributed by atoms with Crippen LogP contribution in [-0.2, 0) is 4.79 Å². The topological polar surface area (TPSA) is 32.3 Å². The van der Waals surface area contributed by atoms with Crippen LogP contribution in [0.1, 0.15) is 32.4 Å². The molecule has 0 aromatic heterocycles. The number of rotatable bonds is 5. The molecule has 0 radical (unpaired) electrons. The second-order valence-electron chi connectivity index (χ2n) is 4.76. The van der Waals surface area contributed by atoms with Crippen LogP contribution in [0.3, 0.4) is 0 Å². The van der Waals surface area contributed by atoms with Gasteiger partial charge in [0.2, 0.25) is 5.91 Å². The van der Waals surface area contributed by atoms with Crippen LogP contribution < -0.4 is 5.32 Å². The van der Waals surface area contributed by atoms with Crippen molar-refractivity contribution < 1.29 is 4.79 Å². The van der Waals surface area contributed by atoms with Gasteiger partial charge in [-0.3, -0.25) is 4.79 Å². The van der Waals surface area contributed by atoms with Crippen LogP contribution in [0, 0.1) is 0 Å². The highest BCUT2D eigenvalue weighted by molar-refractivity contribution is 6.30. The molecule has 0 aliphatic rings. The maximum atomic E-state index is 11.8. The van der Waals surface area contributed by atoms with Crippen molar-refractivity contribution >= 4 is 17.5 Å². The smallest absolute Gasteiger partial charge is 0.236 e. The highest BCUT2D eigenvalue weighted by Crippen LogP contribution is 2.17. The lowest BCUT2D eigenvalue weighted by molar-refractivity contribution is -0.130. The molecule has 1 unspecified atom stereocenters. The first kappa shape index (κ1) is 15.0. The third kappa shape index (κ3) is 4.31. The van der Waals surface area contributed by atoms with Crippen LogP contribution in [0.15, 0.2) is 24.3 Å². The number of nitrogens with one attached hydrogen (secondary N) is 1. The van der Waals surface area contributed by atoms with Gasteiger partial charge in [0.1, 0.15) is 0 Å². The van der Waals surface area contributed by atoms with Crippen molar-refractivity contribution in [2.24, 2.45) is 0 Å². The van der Waals surface area contributed by atoms with E-state index in [0.717, 1.165) is 5.56 Å². The number of amides is 1. The van der Waals surface area contributed by atoms with Gasteiger partial charge in [-0.05, 0) is 38.5 Å². The minimum atomic E-state index is 0.0962. The summed E-state index contributed by atoms with van der Waals surface area (Å²) in [5, 5.41) is 3.93. The first-order valence-electron chi connectivity index (χ1n) is 6.16. The Morgan fingerprint density at radius 3 is 2.61 bits per heavy atom. The SMILES string of the molecule is CC(NCC(=O)N(C)C(C)C)c1cccc(Cl)c1. The lowest BCUT2D eigenvalue weighted by Crippen LogP contribution is -2.40. The van der Waals surface area contributed by atoms with Gasteiger partial charge >= 0.3 is 0 Å². The van der Waals surface area contributed by atoms with E-state index in [-0.39, 0.29) is 18.0 Å². The van der Waals surface area contributed by atoms with Gasteiger partial charge in [-0.25, -0.2) is 0 Å². The molecule has 0 fully saturated rings. The fourth-order valence-electron chi connectivity index (χ4n) is 1.55. The van der Waals surface area contributed by atoms with E-state index in [1.165, 1.54) is 0 Å². The Hall–Kier alpha value is -1.06. The van der Waals surface area contributed by atoms with Crippen LogP contribution in [0.2, 0.25) is 5.02 Å². The van der Waals surface area contributed by atoms with E-state index in [1.807, 2.05) is 52.1 Å². The summed E-state index contributed by atoms with van der Waals surface area (Å²) in [5.41, 5.74) is 1.09. The maximum absolute atomic E-state index is 11.8. The number of nitrogens with zero attached hydrogens (tertiary/aromatic N) is 1. The van der Waals surface area contributed by atoms with Crippen molar-refractivity contribution in [3.63, 3.8) is 0 Å². The zero-order valence-electron chi connectivity index (χ0n) is 11.4. The van der Waals surface area contributed by atoms with Gasteiger partial charge in [0.05, 0.1) is 6.54 Å². The lowest BCUT2D eigenvalue weighted by atomic mass is 10.1. The van der Waals surface area contributed by atoms with E-state index in [1.54, 1.807) is 4.90 Å². The fraction of sp³-hybridized carbons (Fsp3) is 0.500. The summed E-state index contributed by atoms with van der Waals surface area (Å²) in [6.45, 7) is 6.35. The predicted octanol–water partition coefficient (Wildman–Crippen LogP) is 2.86. The monoisotopic (exact) mass is 268 g/mol. The molecule has 0 saturated heterocycles. The van der Waals surface area contributed by atoms with Gasteiger partial charge in [0.15, 0.2) is 0 Å². The highest BCUT2D eigenvalue weighted by Gasteiger charge is 2.13. The molecule has 1 amide bonds. The Balaban J connectivity index is 2.51. The van der Waals surface area contributed by atoms with Crippen molar-refractivity contribution in [2.75, 3.05) is 13.6 Å². The molecule has 0 bridgehead atoms. The second-order valence-corrected chi connectivity index (χ2v) is 5.19. The van der Waals surface area contributed by atoms with E-state index in [4.69, 9.17) is 11.6 Å². The van der Waals surface area contributed by atoms with Gasteiger partial charge < -0.3 is 10.2 Å². The number of hydrogen-bond acceptors (Lipinski definition) is 2. The fourth-order valence-corrected chi connectivity index (χ4v) is 1.75. The molecule has 1 N–H and O–H groups in total. The molecule has 0 aliphatic carbocycles. The molecular formula is C14H21ClN2O. The highest BCUT2D eigenvalue weighted by atomic mass is 35.5. The summed E-state index contributed by atoms with van der Waals surface area (Å²) in [6.07, 6.45) is 0. The zero-order chi connectivity index (χ0) is 13.7. The largest absolute Gasteiger partial charge is 0.342 e. The quantitative estimate of drug-likeness (QED) is 0.891. The number of likely N-dealkylation sites (N-methyl/N-ethyl adjacent to an activating group) is 1. The number of carbonyl (C=O) groups is 1. The minimum absolute atomic E-state index is 0.0962. The van der Waals surface area contributed by atoms with Gasteiger partial charge in [-0.2, -0.15) is 0 Å². The summed E-state index contributed by atoms with van der Waals surface area (Å²) in [4.78, 5) is 13.6. The molecule has 100 valence electrons. The molecule has 1 aromatic rings. The molecule has 0 heterocycles. The summed E-state index contributed by atoms with van der Waals surface area (Å²) in [6, 6.07) is 8.00. The minimum Gasteiger partial charge on any atom is -0.342 e. The molecule has 18 heavy (non-hydrogen) atoms. The Kier molecular flexibility index (Phi) is 5.63. The second kappa shape index (κ2) is 6.76. The standard InChI is InChI=1S/C14H21ClN2O/c1-10(2)17(4)14(18)9-16-11(3)12-6-5-7-13(15)8-12/h5-8,10-11,16H,9H2,1-4H3. The van der Waals surface area contributed by atoms with Crippen molar-refractivity contribution in [2.45, 2.75) is 32.9 Å². The Morgan fingerprint density at radius 1 is 1.39 bits per heavy atom. The lowest BCUT2D eigenvalue weighted by Gasteiger charge is -2.23. The van der Waals surface area contributed by atoms with Crippen LogP contribution in [-0.4, -0.2) is 30.4 Å². The molecule has 1 rings (SSSR count). The first-order chi connectivity index (χ1) is 8.41. The van der Waals surface area contributed by atoms with Gasteiger partial charge in [0.25, 0.3) is 0 Å². The van der Waals surface area contributed by atoms with Crippen molar-refractivity contribution in [3.05, 3.63) is 34.9 Å². The average Bonchev–Trinajstić information content (AvgIpc) is 2.34. The third-order valence-electron chi connectivity index (χ3n) is 3.08. The van der Waals surface area contributed by atoms with Crippen molar-refractivity contribution in [1.82, 2.24) is 10.2 Å². The van der Waals surface area contributed by atoms with Crippen LogP contribution in [0.4, 0.5) is 0 Å². The zero-order valence-corrected chi connectivity index (χ0v) is 12.2. The Labute approximate surface area is 114 Å². The number of benzene rings is 1. The van der Waals surface area contributed by atoms with Crippen LogP contribution in [0.25, 0.3) is 0 Å².